The number of Topliss-reactive ketones (excluding diaryl/α,β-unsaturated/α-hetero) is 2. The Balaban J connectivity index is 1.12. The molecule has 15 heteroatoms. The molecule has 0 radical (unpaired) electrons. The average molecular weight is 792 g/mol. The number of ether oxygens (including phenoxy) is 3. The molecule has 1 aliphatic carbocycles. The molecule has 302 valence electrons. The fourth-order valence-electron chi connectivity index (χ4n) is 9.18. The third-order valence-electron chi connectivity index (χ3n) is 11.9. The summed E-state index contributed by atoms with van der Waals surface area (Å²) in [6.07, 6.45) is 2.61. The second-order valence-electron chi connectivity index (χ2n) is 17.3. The molecule has 56 heavy (non-hydrogen) atoms. The van der Waals surface area contributed by atoms with Crippen LogP contribution in [0.2, 0.25) is 0 Å². The molecule has 4 saturated heterocycles. The van der Waals surface area contributed by atoms with Crippen molar-refractivity contribution in [1.29, 1.82) is 0 Å². The van der Waals surface area contributed by atoms with Gasteiger partial charge in [-0.1, -0.05) is 51.1 Å². The Kier molecular flexibility index (Phi) is 11.8. The van der Waals surface area contributed by atoms with Crippen LogP contribution in [0.5, 0.6) is 0 Å². The van der Waals surface area contributed by atoms with Gasteiger partial charge in [0, 0.05) is 49.4 Å². The van der Waals surface area contributed by atoms with Crippen LogP contribution < -0.4 is 16.0 Å². The highest BCUT2D eigenvalue weighted by Crippen LogP contribution is 2.52. The molecule has 14 nitrogen and oxygen atoms in total. The number of carbonyl (C=O) groups is 6. The minimum atomic E-state index is -1.35. The number of piperidine rings is 1. The first-order chi connectivity index (χ1) is 26.7. The Morgan fingerprint density at radius 3 is 2.48 bits per heavy atom. The predicted molar refractivity (Wildman–Crippen MR) is 205 cm³/mol. The summed E-state index contributed by atoms with van der Waals surface area (Å²) in [6.45, 7) is 10.8. The number of fused-ring (bicyclic) bond motifs is 1. The van der Waals surface area contributed by atoms with Crippen LogP contribution in [0.3, 0.4) is 0 Å². The lowest BCUT2D eigenvalue weighted by Crippen LogP contribution is -2.60. The topological polar surface area (TPSA) is 182 Å². The molecule has 4 aliphatic heterocycles. The predicted octanol–water partition coefficient (Wildman–Crippen LogP) is 3.14. The van der Waals surface area contributed by atoms with E-state index in [1.807, 2.05) is 65.0 Å². The number of rotatable bonds is 13. The van der Waals surface area contributed by atoms with E-state index in [1.165, 1.54) is 11.1 Å². The van der Waals surface area contributed by atoms with E-state index in [2.05, 4.69) is 20.9 Å². The Morgan fingerprint density at radius 1 is 1.02 bits per heavy atom. The number of hydrogen-bond acceptors (Lipinski definition) is 11. The van der Waals surface area contributed by atoms with E-state index < -0.39 is 58.9 Å². The van der Waals surface area contributed by atoms with Crippen molar-refractivity contribution >= 4 is 46.5 Å². The SMILES string of the molecule is CC(C)O[C@@H]1C[C@@H](C(=O)NC(CC2CCCNC2=O)C(=O)C(=O)c2ncc(-c3ccccc3)s2)N(C(=O)[C@@H](NC(=O)C2C3CO[C@@H]4OC[C@@H]2C4C3)C(C)(C)C)C1. The summed E-state index contributed by atoms with van der Waals surface area (Å²) in [7, 11) is 0. The molecule has 1 aromatic heterocycles. The molecule has 1 aromatic carbocycles. The minimum absolute atomic E-state index is 0.00934. The normalized spacial score (nSPS) is 29.5. The van der Waals surface area contributed by atoms with Crippen molar-refractivity contribution < 1.29 is 43.0 Å². The van der Waals surface area contributed by atoms with Gasteiger partial charge in [-0.15, -0.1) is 11.3 Å². The van der Waals surface area contributed by atoms with Crippen LogP contribution in [-0.2, 0) is 38.2 Å². The van der Waals surface area contributed by atoms with Gasteiger partial charge < -0.3 is 35.1 Å². The largest absolute Gasteiger partial charge is 0.374 e. The molecule has 7 rings (SSSR count). The Bertz CT molecular complexity index is 1830. The van der Waals surface area contributed by atoms with E-state index in [4.69, 9.17) is 14.2 Å². The number of nitrogens with one attached hydrogen (secondary N) is 3. The zero-order chi connectivity index (χ0) is 39.9. The number of hydrogen-bond donors (Lipinski definition) is 3. The van der Waals surface area contributed by atoms with Crippen molar-refractivity contribution in [1.82, 2.24) is 25.8 Å². The maximum Gasteiger partial charge on any atom is 0.259 e. The lowest BCUT2D eigenvalue weighted by Gasteiger charge is -2.37. The standard InChI is InChI=1S/C41H53N5O9S/c1-21(2)55-25-16-29(46(18-25)39(52)34(41(3,4)5)45-37(51)31-24-14-26-27(31)20-54-40(26)53-19-24)36(50)44-28(15-23-12-9-13-42-35(23)49)32(47)33(48)38-43-17-30(56-38)22-10-7-6-8-11-22/h6-8,10-11,17,21,23-29,31,34,40H,9,12-16,18-20H2,1-5H3,(H,42,49)(H,44,50)(H,45,51)/t23?,24?,25-,26?,27-,28?,29+,31?,34-,40-/m1/s1. The van der Waals surface area contributed by atoms with E-state index >= 15 is 0 Å². The molecule has 10 atom stereocenters. The summed E-state index contributed by atoms with van der Waals surface area (Å²) in [6, 6.07) is 5.94. The third-order valence-corrected chi connectivity index (χ3v) is 13.0. The number of ketones is 2. The number of carbonyl (C=O) groups excluding carboxylic acids is 6. The maximum absolute atomic E-state index is 14.7. The summed E-state index contributed by atoms with van der Waals surface area (Å²) >= 11 is 1.08. The third kappa shape index (κ3) is 8.32. The molecule has 5 unspecified atom stereocenters. The molecule has 2 bridgehead atoms. The van der Waals surface area contributed by atoms with Crippen molar-refractivity contribution in [2.75, 3.05) is 26.3 Å². The molecule has 2 aromatic rings. The monoisotopic (exact) mass is 791 g/mol. The number of nitrogens with zero attached hydrogens (tertiary/aromatic N) is 2. The Labute approximate surface area is 331 Å². The van der Waals surface area contributed by atoms with Gasteiger partial charge in [0.15, 0.2) is 11.3 Å². The highest BCUT2D eigenvalue weighted by Gasteiger charge is 2.58. The van der Waals surface area contributed by atoms with Gasteiger partial charge in [0.2, 0.25) is 29.4 Å². The first-order valence-corrected chi connectivity index (χ1v) is 20.7. The highest BCUT2D eigenvalue weighted by atomic mass is 32.1. The molecule has 1 saturated carbocycles. The van der Waals surface area contributed by atoms with E-state index in [1.54, 1.807) is 0 Å². The first kappa shape index (κ1) is 40.2. The molecule has 5 aliphatic rings. The van der Waals surface area contributed by atoms with Gasteiger partial charge in [-0.2, -0.15) is 0 Å². The van der Waals surface area contributed by atoms with Crippen molar-refractivity contribution in [2.24, 2.45) is 35.0 Å². The lowest BCUT2D eigenvalue weighted by atomic mass is 9.83. The van der Waals surface area contributed by atoms with Gasteiger partial charge in [-0.3, -0.25) is 28.8 Å². The van der Waals surface area contributed by atoms with E-state index in [9.17, 15) is 28.8 Å². The maximum atomic E-state index is 14.7. The molecular formula is C41H53N5O9S. The molecule has 0 spiro atoms. The van der Waals surface area contributed by atoms with Crippen LogP contribution in [0.15, 0.2) is 36.5 Å². The Hall–Kier alpha value is -4.05. The fourth-order valence-corrected chi connectivity index (χ4v) is 10.0. The minimum Gasteiger partial charge on any atom is -0.374 e. The summed E-state index contributed by atoms with van der Waals surface area (Å²) in [5, 5.41) is 8.69. The quantitative estimate of drug-likeness (QED) is 0.201. The second-order valence-corrected chi connectivity index (χ2v) is 18.3. The van der Waals surface area contributed by atoms with E-state index in [0.29, 0.717) is 37.5 Å². The molecule has 5 fully saturated rings. The van der Waals surface area contributed by atoms with Crippen molar-refractivity contribution in [3.8, 4) is 10.4 Å². The van der Waals surface area contributed by atoms with Crippen LogP contribution in [0.25, 0.3) is 10.4 Å². The first-order valence-electron chi connectivity index (χ1n) is 19.9. The Morgan fingerprint density at radius 2 is 1.77 bits per heavy atom. The zero-order valence-electron chi connectivity index (χ0n) is 32.7. The average Bonchev–Trinajstić information content (AvgIpc) is 3.96. The van der Waals surface area contributed by atoms with Crippen LogP contribution in [0.1, 0.15) is 76.5 Å². The van der Waals surface area contributed by atoms with Gasteiger partial charge in [-0.05, 0) is 56.4 Å². The molecule has 3 N–H and O–H groups in total. The number of benzene rings is 1. The van der Waals surface area contributed by atoms with Crippen LogP contribution in [-0.4, -0.2) is 108 Å². The van der Waals surface area contributed by atoms with Gasteiger partial charge >= 0.3 is 0 Å². The lowest BCUT2D eigenvalue weighted by molar-refractivity contribution is -0.168. The smallest absolute Gasteiger partial charge is 0.259 e. The summed E-state index contributed by atoms with van der Waals surface area (Å²) in [5.41, 5.74) is 0.102. The van der Waals surface area contributed by atoms with Crippen molar-refractivity contribution in [3.63, 3.8) is 0 Å². The van der Waals surface area contributed by atoms with Crippen LogP contribution in [0, 0.1) is 35.0 Å². The van der Waals surface area contributed by atoms with E-state index in [0.717, 1.165) is 23.3 Å². The second kappa shape index (κ2) is 16.4. The van der Waals surface area contributed by atoms with Gasteiger partial charge in [0.1, 0.15) is 12.1 Å². The molecular weight excluding hydrogens is 739 g/mol. The highest BCUT2D eigenvalue weighted by molar-refractivity contribution is 7.17. The molecule has 4 amide bonds. The van der Waals surface area contributed by atoms with Gasteiger partial charge in [-0.25, -0.2) is 4.98 Å². The number of thiazole rings is 1. The van der Waals surface area contributed by atoms with Gasteiger partial charge in [0.25, 0.3) is 5.78 Å². The summed E-state index contributed by atoms with van der Waals surface area (Å²) in [4.78, 5) is 90.3. The van der Waals surface area contributed by atoms with Crippen molar-refractivity contribution in [2.45, 2.75) is 103 Å². The number of aromatic nitrogens is 1. The van der Waals surface area contributed by atoms with Crippen LogP contribution >= 0.6 is 11.3 Å². The van der Waals surface area contributed by atoms with Crippen LogP contribution in [0.4, 0.5) is 0 Å². The number of likely N-dealkylation sites (tertiary alicyclic amines) is 1. The fraction of sp³-hybridized carbons (Fsp3) is 0.634. The number of amides is 4. The van der Waals surface area contributed by atoms with E-state index in [-0.39, 0.29) is 72.3 Å². The summed E-state index contributed by atoms with van der Waals surface area (Å²) < 4.78 is 17.8. The molecule has 5 heterocycles. The van der Waals surface area contributed by atoms with Crippen molar-refractivity contribution in [3.05, 3.63) is 41.5 Å². The summed E-state index contributed by atoms with van der Waals surface area (Å²) in [5.74, 6) is -4.09. The zero-order valence-corrected chi connectivity index (χ0v) is 33.5. The van der Waals surface area contributed by atoms with Gasteiger partial charge in [0.05, 0.1) is 36.3 Å².